The number of hydrogen-bond acceptors (Lipinski definition) is 6. The Morgan fingerprint density at radius 3 is 2.62 bits per heavy atom. The molecule has 132 valence electrons. The molecule has 1 aromatic heterocycles. The third kappa shape index (κ3) is 3.00. The van der Waals surface area contributed by atoms with Crippen LogP contribution < -0.4 is 10.9 Å². The monoisotopic (exact) mass is 373 g/mol. The van der Waals surface area contributed by atoms with Crippen LogP contribution in [0.1, 0.15) is 15.9 Å². The van der Waals surface area contributed by atoms with Crippen molar-refractivity contribution in [2.75, 3.05) is 5.32 Å². The SMILES string of the molecule is Cc1c(Cl)cccc1NC(=O)C(=O)c1c(O)c2ccc(O)cc2oc1=O. The first-order chi connectivity index (χ1) is 12.3. The number of aromatic hydroxyl groups is 2. The number of Topliss-reactive ketones (excluding diaryl/α,β-unsaturated/α-hetero) is 1. The van der Waals surface area contributed by atoms with Crippen LogP contribution in [0.15, 0.2) is 45.6 Å². The van der Waals surface area contributed by atoms with Crippen LogP contribution >= 0.6 is 11.6 Å². The highest BCUT2D eigenvalue weighted by Crippen LogP contribution is 2.29. The molecule has 0 saturated heterocycles. The Morgan fingerprint density at radius 1 is 1.15 bits per heavy atom. The minimum Gasteiger partial charge on any atom is -0.508 e. The largest absolute Gasteiger partial charge is 0.508 e. The second-order valence-electron chi connectivity index (χ2n) is 5.49. The van der Waals surface area contributed by atoms with Crippen molar-refractivity contribution < 1.29 is 24.2 Å². The summed E-state index contributed by atoms with van der Waals surface area (Å²) in [6.07, 6.45) is 0. The van der Waals surface area contributed by atoms with Crippen LogP contribution in [0.25, 0.3) is 11.0 Å². The topological polar surface area (TPSA) is 117 Å². The highest BCUT2D eigenvalue weighted by Gasteiger charge is 2.27. The number of nitrogens with one attached hydrogen (secondary N) is 1. The third-order valence-corrected chi connectivity index (χ3v) is 4.22. The van der Waals surface area contributed by atoms with Crippen LogP contribution in [0.5, 0.6) is 11.5 Å². The molecule has 0 fully saturated rings. The number of anilines is 1. The van der Waals surface area contributed by atoms with Crippen LogP contribution in [0.4, 0.5) is 5.69 Å². The average Bonchev–Trinajstić information content (AvgIpc) is 2.58. The van der Waals surface area contributed by atoms with Crippen molar-refractivity contribution in [2.45, 2.75) is 6.92 Å². The summed E-state index contributed by atoms with van der Waals surface area (Å²) in [6.45, 7) is 1.65. The molecule has 0 saturated carbocycles. The fourth-order valence-corrected chi connectivity index (χ4v) is 2.58. The molecule has 1 heterocycles. The van der Waals surface area contributed by atoms with Gasteiger partial charge in [-0.3, -0.25) is 9.59 Å². The zero-order valence-corrected chi connectivity index (χ0v) is 14.1. The van der Waals surface area contributed by atoms with Gasteiger partial charge in [0.2, 0.25) is 0 Å². The molecule has 3 aromatic rings. The number of ketones is 1. The summed E-state index contributed by atoms with van der Waals surface area (Å²) in [5.74, 6) is -3.27. The summed E-state index contributed by atoms with van der Waals surface area (Å²) in [5, 5.41) is 22.4. The Bertz CT molecular complexity index is 1120. The number of amides is 1. The minimum atomic E-state index is -1.26. The lowest BCUT2D eigenvalue weighted by Crippen LogP contribution is -2.28. The zero-order valence-electron chi connectivity index (χ0n) is 13.4. The van der Waals surface area contributed by atoms with E-state index in [1.807, 2.05) is 0 Å². The van der Waals surface area contributed by atoms with Gasteiger partial charge in [0.05, 0.1) is 5.39 Å². The fourth-order valence-electron chi connectivity index (χ4n) is 2.41. The lowest BCUT2D eigenvalue weighted by molar-refractivity contribution is -0.112. The maximum Gasteiger partial charge on any atom is 0.351 e. The Hall–Kier alpha value is -3.32. The van der Waals surface area contributed by atoms with Crippen LogP contribution in [0.2, 0.25) is 5.02 Å². The molecule has 0 bridgehead atoms. The number of phenols is 1. The molecule has 0 atom stereocenters. The number of carbonyl (C=O) groups excluding carboxylic acids is 2. The quantitative estimate of drug-likeness (QED) is 0.369. The van der Waals surface area contributed by atoms with Crippen LogP contribution in [-0.2, 0) is 4.79 Å². The van der Waals surface area contributed by atoms with E-state index in [0.29, 0.717) is 16.3 Å². The van der Waals surface area contributed by atoms with Crippen molar-refractivity contribution in [3.05, 3.63) is 63.0 Å². The van der Waals surface area contributed by atoms with Gasteiger partial charge < -0.3 is 19.9 Å². The molecule has 0 aliphatic carbocycles. The van der Waals surface area contributed by atoms with Crippen molar-refractivity contribution in [2.24, 2.45) is 0 Å². The van der Waals surface area contributed by atoms with Crippen molar-refractivity contribution in [3.63, 3.8) is 0 Å². The first-order valence-corrected chi connectivity index (χ1v) is 7.77. The smallest absolute Gasteiger partial charge is 0.351 e. The van der Waals surface area contributed by atoms with Gasteiger partial charge in [-0.25, -0.2) is 4.79 Å². The number of benzene rings is 2. The van der Waals surface area contributed by atoms with Gasteiger partial charge >= 0.3 is 5.63 Å². The van der Waals surface area contributed by atoms with Crippen LogP contribution in [0.3, 0.4) is 0 Å². The van der Waals surface area contributed by atoms with Gasteiger partial charge in [-0.2, -0.15) is 0 Å². The molecular weight excluding hydrogens is 362 g/mol. The van der Waals surface area contributed by atoms with E-state index in [2.05, 4.69) is 5.32 Å². The molecule has 0 unspecified atom stereocenters. The van der Waals surface area contributed by atoms with Gasteiger partial charge in [-0.05, 0) is 36.8 Å². The maximum atomic E-state index is 12.4. The second kappa shape index (κ2) is 6.53. The summed E-state index contributed by atoms with van der Waals surface area (Å²) < 4.78 is 4.92. The maximum absolute atomic E-state index is 12.4. The van der Waals surface area contributed by atoms with Crippen molar-refractivity contribution in [1.29, 1.82) is 0 Å². The van der Waals surface area contributed by atoms with E-state index in [9.17, 15) is 24.6 Å². The molecule has 0 aliphatic heterocycles. The normalized spacial score (nSPS) is 10.7. The number of fused-ring (bicyclic) bond motifs is 1. The molecular formula is C18H12ClNO6. The highest BCUT2D eigenvalue weighted by atomic mass is 35.5. The van der Waals surface area contributed by atoms with Gasteiger partial charge in [-0.1, -0.05) is 17.7 Å². The predicted molar refractivity (Wildman–Crippen MR) is 95.0 cm³/mol. The zero-order chi connectivity index (χ0) is 19.0. The van der Waals surface area contributed by atoms with E-state index in [1.165, 1.54) is 18.2 Å². The van der Waals surface area contributed by atoms with Crippen molar-refractivity contribution >= 4 is 39.9 Å². The number of halogens is 1. The number of phenolic OH excluding ortho intramolecular Hbond substituents is 1. The molecule has 3 rings (SSSR count). The predicted octanol–water partition coefficient (Wildman–Crippen LogP) is 2.99. The van der Waals surface area contributed by atoms with E-state index < -0.39 is 28.6 Å². The summed E-state index contributed by atoms with van der Waals surface area (Å²) in [4.78, 5) is 36.7. The van der Waals surface area contributed by atoms with Gasteiger partial charge in [0.1, 0.15) is 17.1 Å². The van der Waals surface area contributed by atoms with Gasteiger partial charge in [0.15, 0.2) is 5.56 Å². The Labute approximate surface area is 151 Å². The molecule has 26 heavy (non-hydrogen) atoms. The molecule has 1 amide bonds. The van der Waals surface area contributed by atoms with Crippen LogP contribution in [0, 0.1) is 6.92 Å². The molecule has 7 nitrogen and oxygen atoms in total. The number of carbonyl (C=O) groups is 2. The van der Waals surface area contributed by atoms with Gasteiger partial charge in [-0.15, -0.1) is 0 Å². The van der Waals surface area contributed by atoms with E-state index in [-0.39, 0.29) is 16.7 Å². The summed E-state index contributed by atoms with van der Waals surface area (Å²) in [5.41, 5.74) is -1.26. The standard InChI is InChI=1S/C18H12ClNO6/c1-8-11(19)3-2-4-12(8)20-17(24)16(23)14-15(22)10-6-5-9(21)7-13(10)26-18(14)25/h2-7,21-22H,1H3,(H,20,24). The van der Waals surface area contributed by atoms with Crippen LogP contribution in [-0.4, -0.2) is 21.9 Å². The van der Waals surface area contributed by atoms with E-state index >= 15 is 0 Å². The molecule has 0 aliphatic rings. The van der Waals surface area contributed by atoms with Gasteiger partial charge in [0.25, 0.3) is 11.7 Å². The summed E-state index contributed by atoms with van der Waals surface area (Å²) in [6, 6.07) is 8.36. The third-order valence-electron chi connectivity index (χ3n) is 3.81. The van der Waals surface area contributed by atoms with Crippen molar-refractivity contribution in [3.8, 4) is 11.5 Å². The first-order valence-electron chi connectivity index (χ1n) is 7.39. The number of rotatable bonds is 3. The summed E-state index contributed by atoms with van der Waals surface area (Å²) >= 11 is 5.96. The molecule has 0 radical (unpaired) electrons. The van der Waals surface area contributed by atoms with E-state index in [0.717, 1.165) is 6.07 Å². The minimum absolute atomic E-state index is 0.0116. The Morgan fingerprint density at radius 2 is 1.88 bits per heavy atom. The molecule has 3 N–H and O–H groups in total. The fraction of sp³-hybridized carbons (Fsp3) is 0.0556. The number of hydrogen-bond donors (Lipinski definition) is 3. The van der Waals surface area contributed by atoms with Gasteiger partial charge in [0, 0.05) is 16.8 Å². The highest BCUT2D eigenvalue weighted by molar-refractivity contribution is 6.47. The molecule has 8 heteroatoms. The average molecular weight is 374 g/mol. The lowest BCUT2D eigenvalue weighted by atomic mass is 10.1. The van der Waals surface area contributed by atoms with E-state index in [4.69, 9.17) is 16.0 Å². The second-order valence-corrected chi connectivity index (χ2v) is 5.90. The lowest BCUT2D eigenvalue weighted by Gasteiger charge is -2.09. The first kappa shape index (κ1) is 17.5. The van der Waals surface area contributed by atoms with E-state index in [1.54, 1.807) is 19.1 Å². The summed E-state index contributed by atoms with van der Waals surface area (Å²) in [7, 11) is 0. The molecule has 2 aromatic carbocycles. The van der Waals surface area contributed by atoms with Crippen molar-refractivity contribution in [1.82, 2.24) is 0 Å². The molecule has 0 spiro atoms. The Balaban J connectivity index is 2.02. The Kier molecular flexibility index (Phi) is 4.40.